The third kappa shape index (κ3) is 1.87. The summed E-state index contributed by atoms with van der Waals surface area (Å²) in [5.41, 5.74) is 3.43. The summed E-state index contributed by atoms with van der Waals surface area (Å²) >= 11 is 0. The number of aromatic nitrogens is 1. The van der Waals surface area contributed by atoms with Gasteiger partial charge in [0.2, 0.25) is 0 Å². The van der Waals surface area contributed by atoms with Crippen molar-refractivity contribution in [2.75, 3.05) is 19.6 Å². The molecule has 110 valence electrons. The fourth-order valence-electron chi connectivity index (χ4n) is 4.49. The van der Waals surface area contributed by atoms with Crippen LogP contribution in [0, 0.1) is 5.92 Å². The molecule has 1 unspecified atom stereocenters. The van der Waals surface area contributed by atoms with Crippen molar-refractivity contribution in [1.29, 1.82) is 0 Å². The molecule has 3 heteroatoms. The number of hydrogen-bond acceptors (Lipinski definition) is 2. The Balaban J connectivity index is 1.93. The molecule has 4 heterocycles. The number of fused-ring (bicyclic) bond motifs is 4. The summed E-state index contributed by atoms with van der Waals surface area (Å²) in [6.45, 7) is 5.31. The molecule has 0 spiro atoms. The van der Waals surface area contributed by atoms with Gasteiger partial charge in [-0.25, -0.2) is 0 Å². The van der Waals surface area contributed by atoms with Gasteiger partial charge >= 0.3 is 0 Å². The number of ketones is 1. The van der Waals surface area contributed by atoms with Crippen molar-refractivity contribution in [3.8, 4) is 0 Å². The molecule has 1 aromatic heterocycles. The van der Waals surface area contributed by atoms with Crippen LogP contribution in [0.1, 0.15) is 41.7 Å². The van der Waals surface area contributed by atoms with Crippen LogP contribution in [0.4, 0.5) is 0 Å². The molecule has 1 aromatic carbocycles. The van der Waals surface area contributed by atoms with Crippen molar-refractivity contribution >= 4 is 16.7 Å². The minimum absolute atomic E-state index is 0.207. The number of hydrogen-bond donors (Lipinski definition) is 0. The summed E-state index contributed by atoms with van der Waals surface area (Å²) < 4.78 is 2.28. The zero-order valence-corrected chi connectivity index (χ0v) is 12.8. The van der Waals surface area contributed by atoms with Gasteiger partial charge in [0.1, 0.15) is 0 Å². The molecule has 2 bridgehead atoms. The number of aryl methyl sites for hydroxylation is 1. The van der Waals surface area contributed by atoms with E-state index >= 15 is 0 Å². The van der Waals surface area contributed by atoms with E-state index in [1.807, 2.05) is 6.07 Å². The number of Topliss-reactive ketones (excluding diaryl/α,β-unsaturated/α-hetero) is 1. The fourth-order valence-corrected chi connectivity index (χ4v) is 4.49. The summed E-state index contributed by atoms with van der Waals surface area (Å²) in [7, 11) is 2.13. The standard InChI is InChI=1S/C18H22N2O/c1-12(21)17-14-5-3-4-6-16(14)19(2)18(17)15-11-20-9-7-13(15)8-10-20/h3-6,13,15H,7-11H2,1-2H3. The lowest BCUT2D eigenvalue weighted by Gasteiger charge is -2.45. The van der Waals surface area contributed by atoms with Gasteiger partial charge < -0.3 is 9.47 Å². The Kier molecular flexibility index (Phi) is 2.93. The van der Waals surface area contributed by atoms with E-state index in [4.69, 9.17) is 0 Å². The van der Waals surface area contributed by atoms with E-state index in [1.165, 1.54) is 37.1 Å². The summed E-state index contributed by atoms with van der Waals surface area (Å²) in [6.07, 6.45) is 2.56. The van der Waals surface area contributed by atoms with Crippen LogP contribution in [0.2, 0.25) is 0 Å². The minimum atomic E-state index is 0.207. The van der Waals surface area contributed by atoms with Gasteiger partial charge in [0, 0.05) is 41.7 Å². The molecule has 0 aliphatic carbocycles. The second-order valence-electron chi connectivity index (χ2n) is 6.64. The number of nitrogens with zero attached hydrogens (tertiary/aromatic N) is 2. The molecule has 3 nitrogen and oxygen atoms in total. The Labute approximate surface area is 125 Å². The summed E-state index contributed by atoms with van der Waals surface area (Å²) in [5, 5.41) is 1.12. The maximum atomic E-state index is 12.3. The number of rotatable bonds is 2. The molecule has 0 N–H and O–H groups in total. The van der Waals surface area contributed by atoms with E-state index in [0.29, 0.717) is 5.92 Å². The first-order chi connectivity index (χ1) is 10.2. The normalized spacial score (nSPS) is 28.2. The van der Waals surface area contributed by atoms with Crippen LogP contribution in [-0.2, 0) is 7.05 Å². The van der Waals surface area contributed by atoms with E-state index in [0.717, 1.165) is 23.4 Å². The van der Waals surface area contributed by atoms with E-state index in [-0.39, 0.29) is 5.78 Å². The maximum Gasteiger partial charge on any atom is 0.162 e. The molecule has 3 saturated heterocycles. The molecule has 5 rings (SSSR count). The van der Waals surface area contributed by atoms with Crippen molar-refractivity contribution in [3.05, 3.63) is 35.5 Å². The van der Waals surface area contributed by atoms with Crippen LogP contribution in [0.3, 0.4) is 0 Å². The first kappa shape index (κ1) is 13.1. The Hall–Kier alpha value is -1.61. The first-order valence-corrected chi connectivity index (χ1v) is 7.97. The Morgan fingerprint density at radius 3 is 2.52 bits per heavy atom. The van der Waals surface area contributed by atoms with Gasteiger partial charge in [-0.1, -0.05) is 18.2 Å². The van der Waals surface area contributed by atoms with Crippen LogP contribution in [0.25, 0.3) is 10.9 Å². The van der Waals surface area contributed by atoms with Crippen LogP contribution in [-0.4, -0.2) is 34.9 Å². The maximum absolute atomic E-state index is 12.3. The molecule has 0 saturated carbocycles. The highest BCUT2D eigenvalue weighted by Gasteiger charge is 2.38. The number of benzene rings is 1. The van der Waals surface area contributed by atoms with Gasteiger partial charge in [0.15, 0.2) is 5.78 Å². The Morgan fingerprint density at radius 1 is 1.19 bits per heavy atom. The van der Waals surface area contributed by atoms with E-state index < -0.39 is 0 Å². The third-order valence-electron chi connectivity index (χ3n) is 5.51. The summed E-state index contributed by atoms with van der Waals surface area (Å²) in [4.78, 5) is 14.9. The second-order valence-corrected chi connectivity index (χ2v) is 6.64. The largest absolute Gasteiger partial charge is 0.347 e. The number of carbonyl (C=O) groups excluding carboxylic acids is 1. The summed E-state index contributed by atoms with van der Waals surface area (Å²) in [5.74, 6) is 1.47. The monoisotopic (exact) mass is 282 g/mol. The molecule has 3 aliphatic heterocycles. The van der Waals surface area contributed by atoms with E-state index in [2.05, 4.69) is 34.7 Å². The fraction of sp³-hybridized carbons (Fsp3) is 0.500. The highest BCUT2D eigenvalue weighted by atomic mass is 16.1. The number of para-hydroxylation sites is 1. The van der Waals surface area contributed by atoms with Crippen molar-refractivity contribution in [1.82, 2.24) is 9.47 Å². The van der Waals surface area contributed by atoms with Gasteiger partial charge in [-0.05, 0) is 44.8 Å². The molecule has 0 amide bonds. The zero-order valence-electron chi connectivity index (χ0n) is 12.8. The lowest BCUT2D eigenvalue weighted by molar-refractivity contribution is 0.0832. The SMILES string of the molecule is CC(=O)c1c(C2CN3CCC2CC3)n(C)c2ccccc12. The van der Waals surface area contributed by atoms with Crippen molar-refractivity contribution in [3.63, 3.8) is 0 Å². The average Bonchev–Trinajstić information content (AvgIpc) is 2.82. The van der Waals surface area contributed by atoms with Crippen LogP contribution in [0.15, 0.2) is 24.3 Å². The van der Waals surface area contributed by atoms with E-state index in [9.17, 15) is 4.79 Å². The first-order valence-electron chi connectivity index (χ1n) is 7.97. The number of piperidine rings is 3. The quantitative estimate of drug-likeness (QED) is 0.790. The Bertz CT molecular complexity index is 707. The molecular weight excluding hydrogens is 260 g/mol. The third-order valence-corrected chi connectivity index (χ3v) is 5.51. The van der Waals surface area contributed by atoms with Crippen molar-refractivity contribution in [2.45, 2.75) is 25.7 Å². The predicted octanol–water partition coefficient (Wildman–Crippen LogP) is 3.19. The zero-order chi connectivity index (χ0) is 14.6. The molecule has 1 atom stereocenters. The van der Waals surface area contributed by atoms with Crippen LogP contribution < -0.4 is 0 Å². The molecule has 21 heavy (non-hydrogen) atoms. The topological polar surface area (TPSA) is 25.2 Å². The predicted molar refractivity (Wildman–Crippen MR) is 84.8 cm³/mol. The van der Waals surface area contributed by atoms with Crippen LogP contribution in [0.5, 0.6) is 0 Å². The van der Waals surface area contributed by atoms with Gasteiger partial charge in [-0.3, -0.25) is 4.79 Å². The van der Waals surface area contributed by atoms with Crippen molar-refractivity contribution < 1.29 is 4.79 Å². The van der Waals surface area contributed by atoms with Gasteiger partial charge in [-0.15, -0.1) is 0 Å². The Morgan fingerprint density at radius 2 is 1.90 bits per heavy atom. The molecular formula is C18H22N2O. The number of carbonyl (C=O) groups is 1. The second kappa shape index (κ2) is 4.70. The van der Waals surface area contributed by atoms with Gasteiger partial charge in [-0.2, -0.15) is 0 Å². The van der Waals surface area contributed by atoms with Gasteiger partial charge in [0.05, 0.1) is 0 Å². The molecule has 3 fully saturated rings. The lowest BCUT2D eigenvalue weighted by atomic mass is 9.76. The highest BCUT2D eigenvalue weighted by Crippen LogP contribution is 2.42. The van der Waals surface area contributed by atoms with Crippen LogP contribution >= 0.6 is 0 Å². The smallest absolute Gasteiger partial charge is 0.162 e. The highest BCUT2D eigenvalue weighted by molar-refractivity contribution is 6.08. The lowest BCUT2D eigenvalue weighted by Crippen LogP contribution is -2.46. The molecule has 0 radical (unpaired) electrons. The minimum Gasteiger partial charge on any atom is -0.347 e. The van der Waals surface area contributed by atoms with Gasteiger partial charge in [0.25, 0.3) is 0 Å². The van der Waals surface area contributed by atoms with Crippen molar-refractivity contribution in [2.24, 2.45) is 13.0 Å². The summed E-state index contributed by atoms with van der Waals surface area (Å²) in [6, 6.07) is 8.32. The molecule has 2 aromatic rings. The van der Waals surface area contributed by atoms with E-state index in [1.54, 1.807) is 6.92 Å². The average molecular weight is 282 g/mol. The molecule has 3 aliphatic rings.